The molecule has 0 radical (unpaired) electrons. The number of hydrogen-bond acceptors (Lipinski definition) is 3. The molecule has 0 saturated heterocycles. The number of rotatable bonds is 3. The molecule has 5 heteroatoms. The summed E-state index contributed by atoms with van der Waals surface area (Å²) in [6.07, 6.45) is 0. The molecule has 1 amide bonds. The van der Waals surface area contributed by atoms with Crippen LogP contribution in [0.2, 0.25) is 0 Å². The molecule has 2 aromatic carbocycles. The van der Waals surface area contributed by atoms with Crippen LogP contribution in [0.15, 0.2) is 65.1 Å². The average molecular weight is 327 g/mol. The van der Waals surface area contributed by atoms with Crippen LogP contribution in [0, 0.1) is 6.92 Å². The molecule has 0 aliphatic carbocycles. The molecule has 23 heavy (non-hydrogen) atoms. The second kappa shape index (κ2) is 5.66. The van der Waals surface area contributed by atoms with E-state index in [1.54, 1.807) is 19.1 Å². The molecule has 0 spiro atoms. The Kier molecular flexibility index (Phi) is 3.82. The first-order valence-electron chi connectivity index (χ1n) is 7.30. The van der Waals surface area contributed by atoms with Gasteiger partial charge in [-0.05, 0) is 37.1 Å². The molecule has 0 unspecified atom stereocenters. The predicted octanol–water partition coefficient (Wildman–Crippen LogP) is 3.00. The summed E-state index contributed by atoms with van der Waals surface area (Å²) in [4.78, 5) is 12.6. The van der Waals surface area contributed by atoms with Gasteiger partial charge in [-0.15, -0.1) is 0 Å². The fraction of sp³-hybridized carbons (Fsp3) is 0.167. The van der Waals surface area contributed by atoms with E-state index in [1.165, 1.54) is 12.1 Å². The molecule has 118 valence electrons. The molecule has 0 aromatic heterocycles. The van der Waals surface area contributed by atoms with Gasteiger partial charge in [0.05, 0.1) is 11.4 Å². The summed E-state index contributed by atoms with van der Waals surface area (Å²) < 4.78 is 26.5. The molecule has 1 aliphatic rings. The lowest BCUT2D eigenvalue weighted by molar-refractivity contribution is -0.121. The number of hydrogen-bond donors (Lipinski definition) is 0. The molecule has 0 atom stereocenters. The minimum atomic E-state index is -3.84. The van der Waals surface area contributed by atoms with Crippen molar-refractivity contribution in [2.24, 2.45) is 0 Å². The number of benzene rings is 2. The van der Waals surface area contributed by atoms with Crippen molar-refractivity contribution in [3.8, 4) is 0 Å². The predicted molar refractivity (Wildman–Crippen MR) is 89.1 cm³/mol. The van der Waals surface area contributed by atoms with Gasteiger partial charge < -0.3 is 0 Å². The number of carbonyl (C=O) groups excluding carboxylic acids is 1. The van der Waals surface area contributed by atoms with Crippen LogP contribution in [-0.2, 0) is 14.8 Å². The van der Waals surface area contributed by atoms with Crippen molar-refractivity contribution in [1.29, 1.82) is 0 Å². The van der Waals surface area contributed by atoms with Gasteiger partial charge in [-0.1, -0.05) is 48.0 Å². The van der Waals surface area contributed by atoms with Crippen molar-refractivity contribution < 1.29 is 13.2 Å². The highest BCUT2D eigenvalue weighted by Gasteiger charge is 2.37. The largest absolute Gasteiger partial charge is 0.268 e. The van der Waals surface area contributed by atoms with E-state index < -0.39 is 15.9 Å². The summed E-state index contributed by atoms with van der Waals surface area (Å²) in [5, 5.41) is 0. The zero-order valence-corrected chi connectivity index (χ0v) is 13.8. The first kappa shape index (κ1) is 15.5. The van der Waals surface area contributed by atoms with Crippen LogP contribution in [0.4, 0.5) is 0 Å². The lowest BCUT2D eigenvalue weighted by Gasteiger charge is -2.17. The molecule has 3 rings (SSSR count). The summed E-state index contributed by atoms with van der Waals surface area (Å²) >= 11 is 0. The number of nitrogens with zero attached hydrogens (tertiary/aromatic N) is 1. The molecule has 0 saturated carbocycles. The van der Waals surface area contributed by atoms with E-state index in [9.17, 15) is 13.2 Å². The maximum absolute atomic E-state index is 12.8. The van der Waals surface area contributed by atoms with E-state index >= 15 is 0 Å². The fourth-order valence-electron chi connectivity index (χ4n) is 2.63. The monoisotopic (exact) mass is 327 g/mol. The molecule has 0 N–H and O–H groups in total. The summed E-state index contributed by atoms with van der Waals surface area (Å²) in [5.74, 6) is -0.454. The van der Waals surface area contributed by atoms with Crippen LogP contribution >= 0.6 is 0 Å². The number of carbonyl (C=O) groups is 1. The number of sulfonamides is 1. The second-order valence-corrected chi connectivity index (χ2v) is 7.46. The lowest BCUT2D eigenvalue weighted by atomic mass is 10.0. The van der Waals surface area contributed by atoms with Gasteiger partial charge in [0.15, 0.2) is 0 Å². The van der Waals surface area contributed by atoms with Crippen molar-refractivity contribution in [2.75, 3.05) is 6.54 Å². The molecular weight excluding hydrogens is 310 g/mol. The van der Waals surface area contributed by atoms with Gasteiger partial charge in [-0.3, -0.25) is 4.79 Å². The van der Waals surface area contributed by atoms with Crippen LogP contribution in [0.25, 0.3) is 5.57 Å². The Balaban J connectivity index is 1.98. The normalized spacial score (nSPS) is 15.4. The third-order valence-electron chi connectivity index (χ3n) is 4.03. The van der Waals surface area contributed by atoms with Crippen molar-refractivity contribution in [2.45, 2.75) is 18.7 Å². The lowest BCUT2D eigenvalue weighted by Crippen LogP contribution is -2.33. The van der Waals surface area contributed by atoms with E-state index in [2.05, 4.69) is 0 Å². The van der Waals surface area contributed by atoms with Gasteiger partial charge in [-0.25, -0.2) is 12.7 Å². The molecule has 1 aliphatic heterocycles. The van der Waals surface area contributed by atoms with Gasteiger partial charge >= 0.3 is 0 Å². The van der Waals surface area contributed by atoms with Gasteiger partial charge in [0.2, 0.25) is 0 Å². The maximum Gasteiger partial charge on any atom is 0.267 e. The van der Waals surface area contributed by atoms with E-state index in [-0.39, 0.29) is 11.4 Å². The number of amides is 1. The Morgan fingerprint density at radius 3 is 2.13 bits per heavy atom. The molecule has 0 fully saturated rings. The highest BCUT2D eigenvalue weighted by atomic mass is 32.2. The zero-order valence-electron chi connectivity index (χ0n) is 13.0. The maximum atomic E-state index is 12.8. The Hall–Kier alpha value is -2.40. The van der Waals surface area contributed by atoms with E-state index in [1.807, 2.05) is 37.3 Å². The van der Waals surface area contributed by atoms with Crippen molar-refractivity contribution in [3.05, 3.63) is 71.3 Å². The average Bonchev–Trinajstić information content (AvgIpc) is 2.85. The van der Waals surface area contributed by atoms with Crippen molar-refractivity contribution in [1.82, 2.24) is 4.31 Å². The fourth-order valence-corrected chi connectivity index (χ4v) is 4.02. The van der Waals surface area contributed by atoms with Gasteiger partial charge in [0, 0.05) is 5.57 Å². The molecule has 2 aromatic rings. The molecule has 1 heterocycles. The highest BCUT2D eigenvalue weighted by molar-refractivity contribution is 7.89. The van der Waals surface area contributed by atoms with Crippen LogP contribution in [0.5, 0.6) is 0 Å². The summed E-state index contributed by atoms with van der Waals surface area (Å²) in [6, 6.07) is 15.9. The molecule has 0 bridgehead atoms. The minimum Gasteiger partial charge on any atom is -0.268 e. The first-order valence-corrected chi connectivity index (χ1v) is 8.74. The summed E-state index contributed by atoms with van der Waals surface area (Å²) in [6.45, 7) is 3.64. The van der Waals surface area contributed by atoms with Crippen molar-refractivity contribution >= 4 is 21.5 Å². The minimum absolute atomic E-state index is 0.0743. The second-order valence-electron chi connectivity index (χ2n) is 5.60. The van der Waals surface area contributed by atoms with E-state index in [0.717, 1.165) is 21.0 Å². The van der Waals surface area contributed by atoms with Gasteiger partial charge in [0.1, 0.15) is 0 Å². The molecular formula is C18H17NO3S. The SMILES string of the molecule is CC1=C(c2ccccc2)CN(S(=O)(=O)c2ccc(C)cc2)C1=O. The van der Waals surface area contributed by atoms with Crippen LogP contribution in [-0.4, -0.2) is 25.2 Å². The Morgan fingerprint density at radius 1 is 0.913 bits per heavy atom. The standard InChI is InChI=1S/C18H17NO3S/c1-13-8-10-16(11-9-13)23(21,22)19-12-17(14(2)18(19)20)15-6-4-3-5-7-15/h3-11H,12H2,1-2H3. The Bertz CT molecular complexity index is 882. The van der Waals surface area contributed by atoms with E-state index in [0.29, 0.717) is 5.57 Å². The van der Waals surface area contributed by atoms with Gasteiger partial charge in [-0.2, -0.15) is 0 Å². The van der Waals surface area contributed by atoms with Gasteiger partial charge in [0.25, 0.3) is 15.9 Å². The van der Waals surface area contributed by atoms with Crippen LogP contribution in [0.3, 0.4) is 0 Å². The molecule has 4 nitrogen and oxygen atoms in total. The quantitative estimate of drug-likeness (QED) is 0.871. The summed E-state index contributed by atoms with van der Waals surface area (Å²) in [7, 11) is -3.84. The Labute approximate surface area is 136 Å². The van der Waals surface area contributed by atoms with E-state index in [4.69, 9.17) is 0 Å². The third-order valence-corrected chi connectivity index (χ3v) is 5.78. The van der Waals surface area contributed by atoms with Crippen molar-refractivity contribution in [3.63, 3.8) is 0 Å². The van der Waals surface area contributed by atoms with Crippen LogP contribution < -0.4 is 0 Å². The number of aryl methyl sites for hydroxylation is 1. The summed E-state index contributed by atoms with van der Waals surface area (Å²) in [5.41, 5.74) is 3.08. The van der Waals surface area contributed by atoms with Crippen LogP contribution in [0.1, 0.15) is 18.1 Å². The smallest absolute Gasteiger partial charge is 0.267 e. The Morgan fingerprint density at radius 2 is 1.52 bits per heavy atom. The third kappa shape index (κ3) is 2.68. The first-order chi connectivity index (χ1) is 10.9. The topological polar surface area (TPSA) is 54.5 Å². The highest BCUT2D eigenvalue weighted by Crippen LogP contribution is 2.31. The zero-order chi connectivity index (χ0) is 16.6.